The van der Waals surface area contributed by atoms with Crippen LogP contribution < -0.4 is 16.0 Å². The van der Waals surface area contributed by atoms with Crippen LogP contribution in [-0.2, 0) is 19.1 Å². The number of carbonyl (C=O) groups excluding carboxylic acids is 3. The van der Waals surface area contributed by atoms with Crippen molar-refractivity contribution in [2.45, 2.75) is 65.8 Å². The van der Waals surface area contributed by atoms with Crippen LogP contribution in [0.3, 0.4) is 0 Å². The van der Waals surface area contributed by atoms with Crippen LogP contribution in [0.1, 0.15) is 54.0 Å². The highest BCUT2D eigenvalue weighted by atomic mass is 16.6. The first kappa shape index (κ1) is 28.9. The number of hydrogen-bond donors (Lipinski definition) is 3. The van der Waals surface area contributed by atoms with Crippen molar-refractivity contribution in [3.05, 3.63) is 29.8 Å². The van der Waals surface area contributed by atoms with E-state index in [1.807, 2.05) is 0 Å². The van der Waals surface area contributed by atoms with Gasteiger partial charge < -0.3 is 19.5 Å². The third kappa shape index (κ3) is 10.6. The Bertz CT molecular complexity index is 858. The van der Waals surface area contributed by atoms with Crippen LogP contribution in [0.15, 0.2) is 24.3 Å². The number of rotatable bonds is 9. The Kier molecular flexibility index (Phi) is 10.5. The fourth-order valence-corrected chi connectivity index (χ4v) is 2.48. The lowest BCUT2D eigenvalue weighted by molar-refractivity contribution is -0.130. The summed E-state index contributed by atoms with van der Waals surface area (Å²) in [5, 5.41) is 11.1. The van der Waals surface area contributed by atoms with Crippen LogP contribution in [0.25, 0.3) is 0 Å². The number of ether oxygens (including phenoxy) is 3. The van der Waals surface area contributed by atoms with Crippen molar-refractivity contribution in [3.8, 4) is 5.75 Å². The van der Waals surface area contributed by atoms with E-state index in [0.29, 0.717) is 11.3 Å². The average Bonchev–Trinajstić information content (AvgIpc) is 2.68. The molecular weight excluding hydrogens is 444 g/mol. The van der Waals surface area contributed by atoms with E-state index in [-0.39, 0.29) is 31.3 Å². The zero-order valence-electron chi connectivity index (χ0n) is 20.9. The summed E-state index contributed by atoms with van der Waals surface area (Å²) in [6.07, 6.45) is -2.25. The molecule has 0 radical (unpaired) electrons. The molecule has 0 saturated heterocycles. The fraction of sp³-hybridized carbons (Fsp3) is 0.565. The van der Waals surface area contributed by atoms with E-state index >= 15 is 0 Å². The number of benzene rings is 1. The number of Topliss-reactive ketones (excluding diaryl/α,β-unsaturated/α-hetero) is 1. The van der Waals surface area contributed by atoms with Crippen LogP contribution in [0.5, 0.6) is 5.75 Å². The van der Waals surface area contributed by atoms with Gasteiger partial charge in [-0.15, -0.1) is 0 Å². The van der Waals surface area contributed by atoms with Gasteiger partial charge >= 0.3 is 12.2 Å². The van der Waals surface area contributed by atoms with E-state index in [1.54, 1.807) is 65.8 Å². The number of nitrogens with one attached hydrogen (secondary N) is 2. The molecule has 1 aromatic carbocycles. The zero-order valence-corrected chi connectivity index (χ0v) is 20.9. The first-order chi connectivity index (χ1) is 15.6. The maximum Gasteiger partial charge on any atom is 0.416 e. The van der Waals surface area contributed by atoms with E-state index in [4.69, 9.17) is 25.5 Å². The number of amides is 2. The van der Waals surface area contributed by atoms with Crippen LogP contribution in [-0.4, -0.2) is 65.7 Å². The third-order valence-corrected chi connectivity index (χ3v) is 4.03. The second kappa shape index (κ2) is 12.3. The molecule has 190 valence electrons. The van der Waals surface area contributed by atoms with Gasteiger partial charge in [-0.25, -0.2) is 15.5 Å². The normalized spacial score (nSPS) is 12.4. The lowest BCUT2D eigenvalue weighted by atomic mass is 10.1. The molecule has 0 aliphatic rings. The van der Waals surface area contributed by atoms with Crippen LogP contribution in [0, 0.1) is 5.41 Å². The third-order valence-electron chi connectivity index (χ3n) is 4.03. The van der Waals surface area contributed by atoms with E-state index in [2.05, 4.69) is 10.2 Å². The number of ketones is 1. The lowest BCUT2D eigenvalue weighted by Gasteiger charge is -2.28. The quantitative estimate of drug-likeness (QED) is 0.277. The van der Waals surface area contributed by atoms with Crippen LogP contribution in [0.4, 0.5) is 9.59 Å². The van der Waals surface area contributed by atoms with E-state index in [1.165, 1.54) is 6.92 Å². The molecule has 0 aliphatic carbocycles. The molecule has 1 aromatic rings. The van der Waals surface area contributed by atoms with Crippen LogP contribution >= 0.6 is 0 Å². The predicted molar refractivity (Wildman–Crippen MR) is 126 cm³/mol. The Morgan fingerprint density at radius 1 is 1.03 bits per heavy atom. The van der Waals surface area contributed by atoms with Crippen LogP contribution in [0.2, 0.25) is 0 Å². The van der Waals surface area contributed by atoms with E-state index in [9.17, 15) is 14.4 Å². The Hall–Kier alpha value is -3.18. The molecule has 2 amide bonds. The van der Waals surface area contributed by atoms with Crippen molar-refractivity contribution in [2.24, 2.45) is 5.90 Å². The van der Waals surface area contributed by atoms with Crippen molar-refractivity contribution in [2.75, 3.05) is 19.7 Å². The Balaban J connectivity index is 2.90. The maximum atomic E-state index is 12.8. The molecule has 0 heterocycles. The van der Waals surface area contributed by atoms with Gasteiger partial charge in [0.1, 0.15) is 29.4 Å². The summed E-state index contributed by atoms with van der Waals surface area (Å²) in [5.41, 5.74) is -1.02. The topological polar surface area (TPSA) is 153 Å². The van der Waals surface area contributed by atoms with E-state index < -0.39 is 29.5 Å². The zero-order chi connectivity index (χ0) is 26.1. The van der Waals surface area contributed by atoms with Gasteiger partial charge in [-0.1, -0.05) is 0 Å². The summed E-state index contributed by atoms with van der Waals surface area (Å²) >= 11 is 0. The molecule has 0 fully saturated rings. The summed E-state index contributed by atoms with van der Waals surface area (Å²) in [6.45, 7) is 11.7. The number of alkyl carbamates (subject to hydrolysis) is 1. The van der Waals surface area contributed by atoms with Gasteiger partial charge in [0.2, 0.25) is 0 Å². The number of nitrogens with zero attached hydrogens (tertiary/aromatic N) is 1. The number of nitrogens with two attached hydrogens (primary N) is 1. The van der Waals surface area contributed by atoms with Crippen molar-refractivity contribution >= 4 is 23.8 Å². The second-order valence-corrected chi connectivity index (χ2v) is 9.48. The predicted octanol–water partition coefficient (Wildman–Crippen LogP) is 3.00. The molecule has 11 nitrogen and oxygen atoms in total. The molecule has 0 saturated carbocycles. The Morgan fingerprint density at radius 2 is 1.59 bits per heavy atom. The number of carbonyl (C=O) groups is 3. The average molecular weight is 481 g/mol. The highest BCUT2D eigenvalue weighted by Crippen LogP contribution is 2.17. The SMILES string of the molecule is CC(=O)C(COc1ccc(C(=N)N(CCNC(=O)OC(C)(C)C)C(=O)OC(C)(C)C)cc1)ON. The standard InChI is InChI=1S/C23H36N4O7/c1-15(28)18(34-25)14-31-17-10-8-16(9-11-17)19(24)27(21(30)33-23(5,6)7)13-12-26-20(29)32-22(2,3)4/h8-11,18,24H,12-14,25H2,1-7H3,(H,26,29). The highest BCUT2D eigenvalue weighted by molar-refractivity contribution is 6.04. The first-order valence-corrected chi connectivity index (χ1v) is 10.8. The molecule has 0 spiro atoms. The van der Waals surface area contributed by atoms with Crippen molar-refractivity contribution in [3.63, 3.8) is 0 Å². The molecule has 1 rings (SSSR count). The fourth-order valence-electron chi connectivity index (χ4n) is 2.48. The summed E-state index contributed by atoms with van der Waals surface area (Å²) in [7, 11) is 0. The smallest absolute Gasteiger partial charge is 0.416 e. The molecular formula is C23H36N4O7. The lowest BCUT2D eigenvalue weighted by Crippen LogP contribution is -2.45. The Labute approximate surface area is 200 Å². The van der Waals surface area contributed by atoms with Gasteiger partial charge in [0.15, 0.2) is 11.9 Å². The minimum Gasteiger partial charge on any atom is -0.490 e. The summed E-state index contributed by atoms with van der Waals surface area (Å²) < 4.78 is 16.1. The summed E-state index contributed by atoms with van der Waals surface area (Å²) in [5.74, 6) is 5.11. The monoisotopic (exact) mass is 480 g/mol. The molecule has 1 unspecified atom stereocenters. The van der Waals surface area contributed by atoms with Gasteiger partial charge in [-0.2, -0.15) is 0 Å². The highest BCUT2D eigenvalue weighted by Gasteiger charge is 2.26. The largest absolute Gasteiger partial charge is 0.490 e. The molecule has 1 atom stereocenters. The Morgan fingerprint density at radius 3 is 2.06 bits per heavy atom. The van der Waals surface area contributed by atoms with Gasteiger partial charge in [-0.05, 0) is 72.7 Å². The van der Waals surface area contributed by atoms with Crippen molar-refractivity contribution in [1.82, 2.24) is 10.2 Å². The molecule has 0 aliphatic heterocycles. The minimum atomic E-state index is -0.891. The summed E-state index contributed by atoms with van der Waals surface area (Å²) in [4.78, 5) is 41.7. The number of hydrogen-bond acceptors (Lipinski definition) is 9. The molecule has 0 aromatic heterocycles. The van der Waals surface area contributed by atoms with Gasteiger partial charge in [0.25, 0.3) is 0 Å². The molecule has 4 N–H and O–H groups in total. The van der Waals surface area contributed by atoms with Crippen molar-refractivity contribution in [1.29, 1.82) is 5.41 Å². The van der Waals surface area contributed by atoms with E-state index in [0.717, 1.165) is 4.90 Å². The summed E-state index contributed by atoms with van der Waals surface area (Å²) in [6, 6.07) is 6.35. The number of amidine groups is 1. The van der Waals surface area contributed by atoms with Crippen molar-refractivity contribution < 1.29 is 33.4 Å². The maximum absolute atomic E-state index is 12.8. The van der Waals surface area contributed by atoms with Gasteiger partial charge in [0, 0.05) is 18.7 Å². The first-order valence-electron chi connectivity index (χ1n) is 10.8. The van der Waals surface area contributed by atoms with Gasteiger partial charge in [0.05, 0.1) is 0 Å². The molecule has 0 bridgehead atoms. The minimum absolute atomic E-state index is 0.0145. The molecule has 11 heteroatoms. The second-order valence-electron chi connectivity index (χ2n) is 9.48. The molecule has 34 heavy (non-hydrogen) atoms. The van der Waals surface area contributed by atoms with Gasteiger partial charge in [-0.3, -0.25) is 19.9 Å².